The smallest absolute Gasteiger partial charge is 0.186 e. The van der Waals surface area contributed by atoms with Gasteiger partial charge in [-0.05, 0) is 54.0 Å². The molecule has 0 aliphatic rings. The molecule has 27 heavy (non-hydrogen) atoms. The van der Waals surface area contributed by atoms with Gasteiger partial charge < -0.3 is 10.1 Å². The molecular formula is C22H23N3OS. The van der Waals surface area contributed by atoms with Crippen LogP contribution in [0.3, 0.4) is 0 Å². The number of ether oxygens (including phenoxy) is 1. The van der Waals surface area contributed by atoms with Gasteiger partial charge in [0, 0.05) is 12.1 Å². The average Bonchev–Trinajstić information content (AvgIpc) is 2.68. The molecule has 0 spiro atoms. The van der Waals surface area contributed by atoms with E-state index in [1.54, 1.807) is 6.21 Å². The second-order valence-corrected chi connectivity index (χ2v) is 6.55. The molecule has 3 aromatic carbocycles. The number of hydrazone groups is 1. The molecule has 3 aromatic rings. The maximum atomic E-state index is 6.15. The average molecular weight is 378 g/mol. The predicted octanol–water partition coefficient (Wildman–Crippen LogP) is 4.55. The van der Waals surface area contributed by atoms with Crippen molar-refractivity contribution in [2.24, 2.45) is 5.10 Å². The van der Waals surface area contributed by atoms with E-state index in [9.17, 15) is 0 Å². The van der Waals surface area contributed by atoms with Crippen LogP contribution < -0.4 is 15.5 Å². The van der Waals surface area contributed by atoms with Crippen molar-refractivity contribution >= 4 is 34.3 Å². The van der Waals surface area contributed by atoms with Gasteiger partial charge in [-0.15, -0.1) is 0 Å². The maximum absolute atomic E-state index is 6.15. The van der Waals surface area contributed by atoms with Crippen LogP contribution in [0.2, 0.25) is 0 Å². The van der Waals surface area contributed by atoms with Crippen LogP contribution in [-0.4, -0.2) is 17.9 Å². The number of nitrogens with one attached hydrogen (secondary N) is 2. The van der Waals surface area contributed by atoms with Gasteiger partial charge in [-0.1, -0.05) is 54.6 Å². The number of thiocarbonyl (C=S) groups is 1. The summed E-state index contributed by atoms with van der Waals surface area (Å²) in [5.41, 5.74) is 6.15. The number of benzene rings is 3. The third-order valence-electron chi connectivity index (χ3n) is 4.27. The third kappa shape index (κ3) is 4.83. The quantitative estimate of drug-likeness (QED) is 0.376. The minimum absolute atomic E-state index is 0.497. The fourth-order valence-electron chi connectivity index (χ4n) is 2.82. The van der Waals surface area contributed by atoms with Crippen LogP contribution in [-0.2, 0) is 6.61 Å². The fourth-order valence-corrected chi connectivity index (χ4v) is 3.01. The van der Waals surface area contributed by atoms with Crippen molar-refractivity contribution in [3.63, 3.8) is 0 Å². The van der Waals surface area contributed by atoms with Crippen molar-refractivity contribution in [3.05, 3.63) is 77.4 Å². The first kappa shape index (κ1) is 18.9. The van der Waals surface area contributed by atoms with Crippen molar-refractivity contribution in [3.8, 4) is 5.75 Å². The molecule has 0 amide bonds. The zero-order valence-corrected chi connectivity index (χ0v) is 16.3. The first-order valence-electron chi connectivity index (χ1n) is 8.95. The van der Waals surface area contributed by atoms with Gasteiger partial charge in [0.1, 0.15) is 12.4 Å². The normalized spacial score (nSPS) is 10.9. The standard InChI is InChI=1S/C22H23N3OS/c1-3-23-22(27)25-24-14-20-19-11-7-6-9-17(19)12-13-21(20)26-15-18-10-5-4-8-16(18)2/h4-14H,3,15H2,1-2H3,(H2,23,25,27)/b24-14+. The van der Waals surface area contributed by atoms with E-state index in [0.717, 1.165) is 28.6 Å². The molecule has 0 unspecified atom stereocenters. The predicted molar refractivity (Wildman–Crippen MR) is 116 cm³/mol. The van der Waals surface area contributed by atoms with E-state index in [-0.39, 0.29) is 0 Å². The molecule has 0 saturated heterocycles. The van der Waals surface area contributed by atoms with Crippen LogP contribution >= 0.6 is 12.2 Å². The summed E-state index contributed by atoms with van der Waals surface area (Å²) in [6.07, 6.45) is 1.76. The van der Waals surface area contributed by atoms with Gasteiger partial charge in [-0.25, -0.2) is 0 Å². The Morgan fingerprint density at radius 3 is 2.67 bits per heavy atom. The molecule has 0 aromatic heterocycles. The third-order valence-corrected chi connectivity index (χ3v) is 4.51. The van der Waals surface area contributed by atoms with Crippen molar-refractivity contribution in [2.75, 3.05) is 6.54 Å². The Bertz CT molecular complexity index is 969. The van der Waals surface area contributed by atoms with Gasteiger partial charge in [0.2, 0.25) is 0 Å². The van der Waals surface area contributed by atoms with E-state index < -0.39 is 0 Å². The van der Waals surface area contributed by atoms with Gasteiger partial charge in [0.25, 0.3) is 0 Å². The summed E-state index contributed by atoms with van der Waals surface area (Å²) in [6, 6.07) is 20.5. The molecule has 5 heteroatoms. The summed E-state index contributed by atoms with van der Waals surface area (Å²) in [5.74, 6) is 0.789. The molecule has 0 aliphatic heterocycles. The van der Waals surface area contributed by atoms with E-state index in [4.69, 9.17) is 17.0 Å². The van der Waals surface area contributed by atoms with Crippen molar-refractivity contribution < 1.29 is 4.74 Å². The summed E-state index contributed by atoms with van der Waals surface area (Å²) in [7, 11) is 0. The highest BCUT2D eigenvalue weighted by Crippen LogP contribution is 2.27. The SMILES string of the molecule is CCNC(=S)N/N=C/c1c(OCc2ccccc2C)ccc2ccccc12. The highest BCUT2D eigenvalue weighted by Gasteiger charge is 2.08. The largest absolute Gasteiger partial charge is 0.488 e. The lowest BCUT2D eigenvalue weighted by Crippen LogP contribution is -2.31. The zero-order valence-electron chi connectivity index (χ0n) is 15.5. The Hall–Kier alpha value is -2.92. The molecule has 0 heterocycles. The topological polar surface area (TPSA) is 45.7 Å². The van der Waals surface area contributed by atoms with Crippen LogP contribution in [0.5, 0.6) is 5.75 Å². The highest BCUT2D eigenvalue weighted by molar-refractivity contribution is 7.80. The Labute approximate surface area is 165 Å². The fraction of sp³-hybridized carbons (Fsp3) is 0.182. The van der Waals surface area contributed by atoms with Crippen LogP contribution in [0.1, 0.15) is 23.6 Å². The molecular weight excluding hydrogens is 354 g/mol. The van der Waals surface area contributed by atoms with Crippen LogP contribution in [0.25, 0.3) is 10.8 Å². The van der Waals surface area contributed by atoms with E-state index >= 15 is 0 Å². The minimum atomic E-state index is 0.497. The Balaban J connectivity index is 1.88. The summed E-state index contributed by atoms with van der Waals surface area (Å²) in [4.78, 5) is 0. The van der Waals surface area contributed by atoms with Crippen LogP contribution in [0.4, 0.5) is 0 Å². The monoisotopic (exact) mass is 377 g/mol. The molecule has 0 radical (unpaired) electrons. The van der Waals surface area contributed by atoms with E-state index in [0.29, 0.717) is 11.7 Å². The van der Waals surface area contributed by atoms with E-state index in [1.807, 2.05) is 37.3 Å². The molecule has 4 nitrogen and oxygen atoms in total. The second-order valence-electron chi connectivity index (χ2n) is 6.14. The van der Waals surface area contributed by atoms with Gasteiger partial charge in [-0.3, -0.25) is 5.43 Å². The molecule has 3 rings (SSSR count). The van der Waals surface area contributed by atoms with Gasteiger partial charge in [0.15, 0.2) is 5.11 Å². The molecule has 2 N–H and O–H groups in total. The lowest BCUT2D eigenvalue weighted by Gasteiger charge is -2.13. The molecule has 0 bridgehead atoms. The first-order chi connectivity index (χ1) is 13.2. The minimum Gasteiger partial charge on any atom is -0.488 e. The molecule has 0 atom stereocenters. The summed E-state index contributed by atoms with van der Waals surface area (Å²) in [5, 5.41) is 10.0. The molecule has 0 aliphatic carbocycles. The number of rotatable bonds is 6. The number of hydrogen-bond acceptors (Lipinski definition) is 3. The van der Waals surface area contributed by atoms with Crippen LogP contribution in [0.15, 0.2) is 65.8 Å². The van der Waals surface area contributed by atoms with Gasteiger partial charge in [-0.2, -0.15) is 5.10 Å². The lowest BCUT2D eigenvalue weighted by molar-refractivity contribution is 0.305. The van der Waals surface area contributed by atoms with Gasteiger partial charge in [0.05, 0.1) is 6.21 Å². The molecule has 0 fully saturated rings. The molecule has 138 valence electrons. The van der Waals surface area contributed by atoms with Crippen LogP contribution in [0, 0.1) is 6.92 Å². The van der Waals surface area contributed by atoms with E-state index in [2.05, 4.69) is 53.1 Å². The second kappa shape index (κ2) is 9.14. The first-order valence-corrected chi connectivity index (χ1v) is 9.36. The lowest BCUT2D eigenvalue weighted by atomic mass is 10.0. The summed E-state index contributed by atoms with van der Waals surface area (Å²) < 4.78 is 6.15. The molecule has 0 saturated carbocycles. The number of nitrogens with zero attached hydrogens (tertiary/aromatic N) is 1. The number of fused-ring (bicyclic) bond motifs is 1. The van der Waals surface area contributed by atoms with E-state index in [1.165, 1.54) is 11.1 Å². The van der Waals surface area contributed by atoms with Crippen molar-refractivity contribution in [2.45, 2.75) is 20.5 Å². The highest BCUT2D eigenvalue weighted by atomic mass is 32.1. The van der Waals surface area contributed by atoms with Crippen molar-refractivity contribution in [1.82, 2.24) is 10.7 Å². The Kier molecular flexibility index (Phi) is 6.39. The zero-order chi connectivity index (χ0) is 19.1. The summed E-state index contributed by atoms with van der Waals surface area (Å²) in [6.45, 7) is 5.34. The van der Waals surface area contributed by atoms with Gasteiger partial charge >= 0.3 is 0 Å². The van der Waals surface area contributed by atoms with Crippen molar-refractivity contribution in [1.29, 1.82) is 0 Å². The number of aryl methyl sites for hydroxylation is 1. The maximum Gasteiger partial charge on any atom is 0.186 e. The Morgan fingerprint density at radius 2 is 1.85 bits per heavy atom. The number of hydrogen-bond donors (Lipinski definition) is 2. The summed E-state index contributed by atoms with van der Waals surface area (Å²) >= 11 is 5.16. The Morgan fingerprint density at radius 1 is 1.07 bits per heavy atom.